The van der Waals surface area contributed by atoms with E-state index in [1.54, 1.807) is 12.1 Å². The highest BCUT2D eigenvalue weighted by Crippen LogP contribution is 2.32. The standard InChI is InChI=1S/C17H21N3O3S/c1-19(2)24(22,23)14-9-7-13(8-10-14)17(21)20-12-4-6-16(20)15-5-3-11-18-15/h3,5,7-11,16,18H,4,6,12H2,1-2H3. The van der Waals surface area contributed by atoms with Gasteiger partial charge < -0.3 is 9.88 Å². The largest absolute Gasteiger partial charge is 0.363 e. The summed E-state index contributed by atoms with van der Waals surface area (Å²) in [4.78, 5) is 18.0. The molecule has 1 unspecified atom stereocenters. The molecule has 0 saturated carbocycles. The van der Waals surface area contributed by atoms with Crippen molar-refractivity contribution < 1.29 is 13.2 Å². The van der Waals surface area contributed by atoms with Crippen LogP contribution in [0, 0.1) is 0 Å². The summed E-state index contributed by atoms with van der Waals surface area (Å²) in [6.07, 6.45) is 3.75. The summed E-state index contributed by atoms with van der Waals surface area (Å²) in [5, 5.41) is 0. The molecule has 0 bridgehead atoms. The van der Waals surface area contributed by atoms with Gasteiger partial charge in [0.15, 0.2) is 0 Å². The average molecular weight is 347 g/mol. The SMILES string of the molecule is CN(C)S(=O)(=O)c1ccc(C(=O)N2CCCC2c2ccc[nH]2)cc1. The lowest BCUT2D eigenvalue weighted by Crippen LogP contribution is -2.30. The van der Waals surface area contributed by atoms with E-state index < -0.39 is 10.0 Å². The van der Waals surface area contributed by atoms with Crippen LogP contribution in [0.5, 0.6) is 0 Å². The molecule has 1 atom stereocenters. The highest BCUT2D eigenvalue weighted by atomic mass is 32.2. The Kier molecular flexibility index (Phi) is 4.47. The third kappa shape index (κ3) is 2.97. The van der Waals surface area contributed by atoms with Gasteiger partial charge in [0.25, 0.3) is 5.91 Å². The minimum atomic E-state index is -3.48. The number of amides is 1. The first-order chi connectivity index (χ1) is 11.4. The molecule has 24 heavy (non-hydrogen) atoms. The number of sulfonamides is 1. The lowest BCUT2D eigenvalue weighted by Gasteiger charge is -2.24. The maximum atomic E-state index is 12.8. The van der Waals surface area contributed by atoms with Crippen molar-refractivity contribution in [1.29, 1.82) is 0 Å². The molecule has 6 nitrogen and oxygen atoms in total. The van der Waals surface area contributed by atoms with E-state index in [2.05, 4.69) is 4.98 Å². The number of hydrogen-bond acceptors (Lipinski definition) is 3. The van der Waals surface area contributed by atoms with E-state index >= 15 is 0 Å². The van der Waals surface area contributed by atoms with Crippen molar-refractivity contribution >= 4 is 15.9 Å². The van der Waals surface area contributed by atoms with Crippen LogP contribution in [0.3, 0.4) is 0 Å². The summed E-state index contributed by atoms with van der Waals surface area (Å²) in [5.74, 6) is -0.0686. The molecule has 3 rings (SSSR count). The van der Waals surface area contributed by atoms with Crippen molar-refractivity contribution in [2.24, 2.45) is 0 Å². The van der Waals surface area contributed by atoms with Crippen LogP contribution in [0.1, 0.15) is 34.9 Å². The molecule has 1 aromatic carbocycles. The maximum Gasteiger partial charge on any atom is 0.254 e. The normalized spacial score (nSPS) is 18.3. The first kappa shape index (κ1) is 16.7. The van der Waals surface area contributed by atoms with Gasteiger partial charge in [0.1, 0.15) is 0 Å². The van der Waals surface area contributed by atoms with Gasteiger partial charge >= 0.3 is 0 Å². The zero-order valence-electron chi connectivity index (χ0n) is 13.8. The number of hydrogen-bond donors (Lipinski definition) is 1. The number of nitrogens with one attached hydrogen (secondary N) is 1. The number of H-pyrrole nitrogens is 1. The number of carbonyl (C=O) groups is 1. The summed E-state index contributed by atoms with van der Waals surface area (Å²) in [6, 6.07) is 10.1. The Labute approximate surface area is 142 Å². The van der Waals surface area contributed by atoms with Crippen LogP contribution in [-0.4, -0.2) is 49.2 Å². The molecule has 2 heterocycles. The molecule has 1 amide bonds. The molecule has 0 aliphatic carbocycles. The first-order valence-electron chi connectivity index (χ1n) is 7.88. The monoisotopic (exact) mass is 347 g/mol. The van der Waals surface area contributed by atoms with Gasteiger partial charge in [-0.05, 0) is 49.2 Å². The highest BCUT2D eigenvalue weighted by molar-refractivity contribution is 7.89. The topological polar surface area (TPSA) is 73.5 Å². The van der Waals surface area contributed by atoms with Gasteiger partial charge in [0, 0.05) is 38.1 Å². The number of rotatable bonds is 4. The molecule has 1 fully saturated rings. The van der Waals surface area contributed by atoms with Crippen LogP contribution in [0.25, 0.3) is 0 Å². The minimum Gasteiger partial charge on any atom is -0.363 e. The molecular formula is C17H21N3O3S. The van der Waals surface area contributed by atoms with Gasteiger partial charge in [0.2, 0.25) is 10.0 Å². The van der Waals surface area contributed by atoms with Crippen molar-refractivity contribution in [3.8, 4) is 0 Å². The molecule has 7 heteroatoms. The van der Waals surface area contributed by atoms with E-state index in [-0.39, 0.29) is 16.8 Å². The Morgan fingerprint density at radius 2 is 1.92 bits per heavy atom. The fourth-order valence-electron chi connectivity index (χ4n) is 3.03. The van der Waals surface area contributed by atoms with Crippen molar-refractivity contribution in [1.82, 2.24) is 14.2 Å². The van der Waals surface area contributed by atoms with Crippen molar-refractivity contribution in [3.05, 3.63) is 53.9 Å². The van der Waals surface area contributed by atoms with E-state index in [1.807, 2.05) is 23.2 Å². The third-order valence-electron chi connectivity index (χ3n) is 4.37. The Hall–Kier alpha value is -2.12. The number of aromatic amines is 1. The van der Waals surface area contributed by atoms with E-state index in [4.69, 9.17) is 0 Å². The van der Waals surface area contributed by atoms with Crippen molar-refractivity contribution in [3.63, 3.8) is 0 Å². The smallest absolute Gasteiger partial charge is 0.254 e. The second-order valence-electron chi connectivity index (χ2n) is 6.09. The molecular weight excluding hydrogens is 326 g/mol. The highest BCUT2D eigenvalue weighted by Gasteiger charge is 2.31. The van der Waals surface area contributed by atoms with Crippen LogP contribution in [0.2, 0.25) is 0 Å². The lowest BCUT2D eigenvalue weighted by atomic mass is 10.1. The van der Waals surface area contributed by atoms with Gasteiger partial charge in [-0.15, -0.1) is 0 Å². The number of likely N-dealkylation sites (tertiary alicyclic amines) is 1. The number of benzene rings is 1. The zero-order valence-corrected chi connectivity index (χ0v) is 14.6. The lowest BCUT2D eigenvalue weighted by molar-refractivity contribution is 0.0733. The Bertz CT molecular complexity index is 811. The zero-order chi connectivity index (χ0) is 17.3. The molecule has 1 aliphatic rings. The van der Waals surface area contributed by atoms with Crippen LogP contribution in [-0.2, 0) is 10.0 Å². The average Bonchev–Trinajstić information content (AvgIpc) is 3.24. The van der Waals surface area contributed by atoms with Crippen molar-refractivity contribution in [2.45, 2.75) is 23.8 Å². The number of aromatic nitrogens is 1. The molecule has 0 spiro atoms. The van der Waals surface area contributed by atoms with Crippen molar-refractivity contribution in [2.75, 3.05) is 20.6 Å². The second-order valence-corrected chi connectivity index (χ2v) is 8.25. The summed E-state index contributed by atoms with van der Waals surface area (Å²) >= 11 is 0. The summed E-state index contributed by atoms with van der Waals surface area (Å²) in [6.45, 7) is 0.709. The fourth-order valence-corrected chi connectivity index (χ4v) is 3.93. The quantitative estimate of drug-likeness (QED) is 0.922. The summed E-state index contributed by atoms with van der Waals surface area (Å²) in [5.41, 5.74) is 1.54. The Morgan fingerprint density at radius 1 is 1.21 bits per heavy atom. The van der Waals surface area contributed by atoms with Gasteiger partial charge in [-0.2, -0.15) is 0 Å². The predicted octanol–water partition coefficient (Wildman–Crippen LogP) is 2.24. The van der Waals surface area contributed by atoms with Gasteiger partial charge in [-0.25, -0.2) is 12.7 Å². The molecule has 1 aliphatic heterocycles. The predicted molar refractivity (Wildman–Crippen MR) is 91.1 cm³/mol. The first-order valence-corrected chi connectivity index (χ1v) is 9.32. The fraction of sp³-hybridized carbons (Fsp3) is 0.353. The van der Waals surface area contributed by atoms with E-state index in [9.17, 15) is 13.2 Å². The number of carbonyl (C=O) groups excluding carboxylic acids is 1. The molecule has 1 N–H and O–H groups in total. The maximum absolute atomic E-state index is 12.8. The number of nitrogens with zero attached hydrogens (tertiary/aromatic N) is 2. The van der Waals surface area contributed by atoms with Crippen LogP contribution in [0.15, 0.2) is 47.5 Å². The molecule has 1 aromatic heterocycles. The van der Waals surface area contributed by atoms with E-state index in [0.29, 0.717) is 12.1 Å². The summed E-state index contributed by atoms with van der Waals surface area (Å²) < 4.78 is 25.4. The third-order valence-corrected chi connectivity index (χ3v) is 6.20. The Balaban J connectivity index is 1.83. The molecule has 2 aromatic rings. The molecule has 128 valence electrons. The van der Waals surface area contributed by atoms with Crippen LogP contribution >= 0.6 is 0 Å². The Morgan fingerprint density at radius 3 is 2.50 bits per heavy atom. The molecule has 0 radical (unpaired) electrons. The van der Waals surface area contributed by atoms with Gasteiger partial charge in [0.05, 0.1) is 10.9 Å². The van der Waals surface area contributed by atoms with Crippen LogP contribution in [0.4, 0.5) is 0 Å². The second kappa shape index (κ2) is 6.41. The van der Waals surface area contributed by atoms with Gasteiger partial charge in [-0.1, -0.05) is 0 Å². The minimum absolute atomic E-state index is 0.0534. The summed E-state index contributed by atoms with van der Waals surface area (Å²) in [7, 11) is -0.510. The van der Waals surface area contributed by atoms with Crippen LogP contribution < -0.4 is 0 Å². The van der Waals surface area contributed by atoms with Gasteiger partial charge in [-0.3, -0.25) is 4.79 Å². The van der Waals surface area contributed by atoms with E-state index in [0.717, 1.165) is 22.8 Å². The molecule has 1 saturated heterocycles. The van der Waals surface area contributed by atoms with E-state index in [1.165, 1.54) is 26.2 Å².